The average Bonchev–Trinajstić information content (AvgIpc) is 2.28. The molecule has 1 saturated heterocycles. The van der Waals surface area contributed by atoms with Crippen LogP contribution in [0, 0.1) is 0 Å². The molecule has 14 heavy (non-hydrogen) atoms. The summed E-state index contributed by atoms with van der Waals surface area (Å²) >= 11 is 0. The van der Waals surface area contributed by atoms with E-state index in [1.54, 1.807) is 7.11 Å². The van der Waals surface area contributed by atoms with Gasteiger partial charge in [0.15, 0.2) is 9.76 Å². The zero-order valence-electron chi connectivity index (χ0n) is 9.04. The number of aliphatic hydroxyl groups excluding tert-OH is 1. The monoisotopic (exact) mass is 222 g/mol. The van der Waals surface area contributed by atoms with Crippen LogP contribution >= 0.6 is 0 Å². The van der Waals surface area contributed by atoms with E-state index in [-0.39, 0.29) is 16.4 Å². The molecule has 1 N–H and O–H groups in total. The van der Waals surface area contributed by atoms with E-state index in [9.17, 15) is 0 Å². The van der Waals surface area contributed by atoms with Crippen molar-refractivity contribution in [1.82, 2.24) is 0 Å². The minimum atomic E-state index is 0.00849. The van der Waals surface area contributed by atoms with E-state index in [0.717, 1.165) is 6.61 Å². The Labute approximate surface area is 88.5 Å². The summed E-state index contributed by atoms with van der Waals surface area (Å²) in [6.07, 6.45) is 2.75. The summed E-state index contributed by atoms with van der Waals surface area (Å²) < 4.78 is 14.7. The normalized spacial score (nSPS) is 17.6. The third-order valence-electron chi connectivity index (χ3n) is 1.74. The second-order valence-corrected chi connectivity index (χ2v) is 4.53. The quantitative estimate of drug-likeness (QED) is 0.523. The van der Waals surface area contributed by atoms with Gasteiger partial charge in [0, 0.05) is 13.7 Å². The first-order chi connectivity index (χ1) is 6.91. The predicted octanol–water partition coefficient (Wildman–Crippen LogP) is -0.0594. The number of hydrogen-bond acceptors (Lipinski definition) is 4. The van der Waals surface area contributed by atoms with Crippen LogP contribution in [0.3, 0.4) is 0 Å². The second kappa shape index (κ2) is 13.1. The Hall–Kier alpha value is 0.0569. The van der Waals surface area contributed by atoms with Crippen LogP contribution in [-0.4, -0.2) is 55.0 Å². The highest BCUT2D eigenvalue weighted by Gasteiger charge is 1.96. The van der Waals surface area contributed by atoms with Crippen molar-refractivity contribution in [1.29, 1.82) is 0 Å². The molecular weight excluding hydrogens is 200 g/mol. The summed E-state index contributed by atoms with van der Waals surface area (Å²) in [6, 6.07) is 1.42. The molecule has 1 aliphatic rings. The molecular formula is C9H22O4Si. The lowest BCUT2D eigenvalue weighted by molar-refractivity contribution is 0.0500. The van der Waals surface area contributed by atoms with Crippen LogP contribution in [0.4, 0.5) is 0 Å². The molecule has 0 radical (unpaired) electrons. The van der Waals surface area contributed by atoms with Crippen LogP contribution in [0.15, 0.2) is 0 Å². The van der Waals surface area contributed by atoms with Gasteiger partial charge in [-0.05, 0) is 12.5 Å². The Balaban J connectivity index is 0.000000249. The van der Waals surface area contributed by atoms with Gasteiger partial charge >= 0.3 is 0 Å². The standard InChI is InChI=1S/C5H12O3.C4H10OSi/c1-7-4-5-8-3-2-6;1-2-4-6-5-3-1/h6H,2-5H2,1H3;1-4,6H2. The highest BCUT2D eigenvalue weighted by Crippen LogP contribution is 2.01. The Bertz CT molecular complexity index is 81.3. The SMILES string of the molecule is C1CC[SiH2]OC1.COCCOCCO. The van der Waals surface area contributed by atoms with Crippen molar-refractivity contribution < 1.29 is 19.0 Å². The molecule has 0 aromatic carbocycles. The summed E-state index contributed by atoms with van der Waals surface area (Å²) in [5.74, 6) is 0. The summed E-state index contributed by atoms with van der Waals surface area (Å²) in [7, 11) is 1.62. The van der Waals surface area contributed by atoms with Crippen molar-refractivity contribution in [3.63, 3.8) is 0 Å². The third kappa shape index (κ3) is 12.1. The minimum absolute atomic E-state index is 0.00849. The van der Waals surface area contributed by atoms with Crippen molar-refractivity contribution in [2.75, 3.05) is 40.1 Å². The number of ether oxygens (including phenoxy) is 2. The van der Waals surface area contributed by atoms with Gasteiger partial charge in [-0.3, -0.25) is 0 Å². The Morgan fingerprint density at radius 2 is 2.14 bits per heavy atom. The fraction of sp³-hybridized carbons (Fsp3) is 1.00. The Morgan fingerprint density at radius 1 is 1.29 bits per heavy atom. The van der Waals surface area contributed by atoms with Gasteiger partial charge in [-0.25, -0.2) is 0 Å². The van der Waals surface area contributed by atoms with E-state index in [1.807, 2.05) is 0 Å². The Kier molecular flexibility index (Phi) is 13.1. The minimum Gasteiger partial charge on any atom is -0.424 e. The smallest absolute Gasteiger partial charge is 0.161 e. The first kappa shape index (κ1) is 14.1. The highest BCUT2D eigenvalue weighted by atomic mass is 28.2. The van der Waals surface area contributed by atoms with E-state index in [2.05, 4.69) is 4.74 Å². The van der Waals surface area contributed by atoms with Crippen LogP contribution in [0.25, 0.3) is 0 Å². The molecule has 0 amide bonds. The molecule has 0 unspecified atom stereocenters. The zero-order valence-corrected chi connectivity index (χ0v) is 10.5. The molecule has 1 fully saturated rings. The topological polar surface area (TPSA) is 47.9 Å². The summed E-state index contributed by atoms with van der Waals surface area (Å²) in [4.78, 5) is 0. The van der Waals surface area contributed by atoms with Gasteiger partial charge in [-0.2, -0.15) is 0 Å². The van der Waals surface area contributed by atoms with Gasteiger partial charge < -0.3 is 19.0 Å². The molecule has 86 valence electrons. The second-order valence-electron chi connectivity index (χ2n) is 3.00. The van der Waals surface area contributed by atoms with Crippen molar-refractivity contribution in [3.8, 4) is 0 Å². The van der Waals surface area contributed by atoms with Gasteiger partial charge in [0.05, 0.1) is 26.4 Å². The van der Waals surface area contributed by atoms with Gasteiger partial charge in [0.1, 0.15) is 0 Å². The van der Waals surface area contributed by atoms with E-state index in [4.69, 9.17) is 14.3 Å². The first-order valence-electron chi connectivity index (χ1n) is 5.17. The molecule has 0 bridgehead atoms. The van der Waals surface area contributed by atoms with E-state index in [1.165, 1.54) is 18.9 Å². The maximum absolute atomic E-state index is 8.20. The molecule has 0 saturated carbocycles. The summed E-state index contributed by atoms with van der Waals surface area (Å²) in [5, 5.41) is 8.20. The maximum atomic E-state index is 8.20. The number of methoxy groups -OCH3 is 1. The lowest BCUT2D eigenvalue weighted by Crippen LogP contribution is -2.06. The average molecular weight is 222 g/mol. The van der Waals surface area contributed by atoms with Crippen LogP contribution in [-0.2, 0) is 13.9 Å². The van der Waals surface area contributed by atoms with E-state index >= 15 is 0 Å². The van der Waals surface area contributed by atoms with Crippen LogP contribution in [0.2, 0.25) is 6.04 Å². The van der Waals surface area contributed by atoms with Crippen molar-refractivity contribution >= 4 is 9.76 Å². The Morgan fingerprint density at radius 3 is 2.50 bits per heavy atom. The lowest BCUT2D eigenvalue weighted by Gasteiger charge is -2.07. The largest absolute Gasteiger partial charge is 0.424 e. The highest BCUT2D eigenvalue weighted by molar-refractivity contribution is 6.27. The van der Waals surface area contributed by atoms with E-state index < -0.39 is 0 Å². The first-order valence-corrected chi connectivity index (χ1v) is 6.75. The molecule has 0 aromatic rings. The molecule has 5 heteroatoms. The molecule has 1 heterocycles. The van der Waals surface area contributed by atoms with Crippen LogP contribution in [0.5, 0.6) is 0 Å². The fourth-order valence-electron chi connectivity index (χ4n) is 0.996. The number of rotatable bonds is 5. The molecule has 0 aromatic heterocycles. The molecule has 0 spiro atoms. The molecule has 0 atom stereocenters. The van der Waals surface area contributed by atoms with Crippen LogP contribution in [0.1, 0.15) is 12.8 Å². The number of hydrogen-bond donors (Lipinski definition) is 1. The molecule has 1 aliphatic heterocycles. The summed E-state index contributed by atoms with van der Waals surface area (Å²) in [5.41, 5.74) is 0. The van der Waals surface area contributed by atoms with Crippen LogP contribution < -0.4 is 0 Å². The van der Waals surface area contributed by atoms with Gasteiger partial charge in [0.2, 0.25) is 0 Å². The van der Waals surface area contributed by atoms with E-state index in [0.29, 0.717) is 19.8 Å². The molecule has 4 nitrogen and oxygen atoms in total. The van der Waals surface area contributed by atoms with Crippen molar-refractivity contribution in [2.45, 2.75) is 18.9 Å². The van der Waals surface area contributed by atoms with Gasteiger partial charge in [-0.15, -0.1) is 0 Å². The predicted molar refractivity (Wildman–Crippen MR) is 58.3 cm³/mol. The zero-order chi connectivity index (χ0) is 10.5. The summed E-state index contributed by atoms with van der Waals surface area (Å²) in [6.45, 7) is 2.72. The maximum Gasteiger partial charge on any atom is 0.161 e. The van der Waals surface area contributed by atoms with Crippen molar-refractivity contribution in [3.05, 3.63) is 0 Å². The molecule has 0 aliphatic carbocycles. The molecule has 1 rings (SSSR count). The van der Waals surface area contributed by atoms with Gasteiger partial charge in [-0.1, -0.05) is 6.42 Å². The number of aliphatic hydroxyl groups is 1. The van der Waals surface area contributed by atoms with Crippen molar-refractivity contribution in [2.24, 2.45) is 0 Å². The fourth-order valence-corrected chi connectivity index (χ4v) is 2.17. The third-order valence-corrected chi connectivity index (χ3v) is 3.11. The van der Waals surface area contributed by atoms with Gasteiger partial charge in [0.25, 0.3) is 0 Å². The lowest BCUT2D eigenvalue weighted by atomic mass is 10.4.